The molecule has 110 valence electrons. The number of benzene rings is 2. The summed E-state index contributed by atoms with van der Waals surface area (Å²) in [5.41, 5.74) is 1.97. The van der Waals surface area contributed by atoms with Crippen molar-refractivity contribution >= 4 is 27.5 Å². The molecule has 0 fully saturated rings. The highest BCUT2D eigenvalue weighted by Crippen LogP contribution is 2.20. The second-order valence-corrected chi connectivity index (χ2v) is 5.18. The van der Waals surface area contributed by atoms with Crippen molar-refractivity contribution in [3.8, 4) is 5.75 Å². The van der Waals surface area contributed by atoms with Crippen LogP contribution in [0.25, 0.3) is 0 Å². The first kappa shape index (κ1) is 15.4. The van der Waals surface area contributed by atoms with Gasteiger partial charge in [-0.05, 0) is 55.0 Å². The van der Waals surface area contributed by atoms with Gasteiger partial charge in [-0.15, -0.1) is 0 Å². The van der Waals surface area contributed by atoms with Crippen LogP contribution in [0.4, 0.5) is 14.5 Å². The summed E-state index contributed by atoms with van der Waals surface area (Å²) in [4.78, 5) is 12.1. The maximum absolute atomic E-state index is 12.1. The van der Waals surface area contributed by atoms with Crippen molar-refractivity contribution in [1.82, 2.24) is 0 Å². The average Bonchev–Trinajstić information content (AvgIpc) is 2.43. The van der Waals surface area contributed by atoms with Crippen molar-refractivity contribution in [2.45, 2.75) is 13.5 Å². The Labute approximate surface area is 129 Å². The average molecular weight is 356 g/mol. The highest BCUT2D eigenvalue weighted by Gasteiger charge is 2.08. The molecule has 0 heterocycles. The molecule has 1 N–H and O–H groups in total. The zero-order valence-electron chi connectivity index (χ0n) is 11.1. The SMILES string of the molecule is Cc1cc(C(=O)Nc2ccc(OC(F)F)cc2)ccc1Br. The quantitative estimate of drug-likeness (QED) is 0.869. The first-order chi connectivity index (χ1) is 9.95. The Morgan fingerprint density at radius 1 is 1.19 bits per heavy atom. The van der Waals surface area contributed by atoms with Crippen LogP contribution in [0, 0.1) is 6.92 Å². The minimum Gasteiger partial charge on any atom is -0.435 e. The van der Waals surface area contributed by atoms with Gasteiger partial charge in [0, 0.05) is 15.7 Å². The van der Waals surface area contributed by atoms with Gasteiger partial charge in [-0.1, -0.05) is 15.9 Å². The van der Waals surface area contributed by atoms with Crippen molar-refractivity contribution in [2.75, 3.05) is 5.32 Å². The van der Waals surface area contributed by atoms with Gasteiger partial charge in [-0.3, -0.25) is 4.79 Å². The molecular weight excluding hydrogens is 344 g/mol. The van der Waals surface area contributed by atoms with Crippen molar-refractivity contribution in [3.05, 3.63) is 58.1 Å². The predicted molar refractivity (Wildman–Crippen MR) is 79.9 cm³/mol. The normalized spacial score (nSPS) is 10.5. The molecule has 0 saturated heterocycles. The van der Waals surface area contributed by atoms with Gasteiger partial charge in [0.1, 0.15) is 5.75 Å². The number of carbonyl (C=O) groups is 1. The summed E-state index contributed by atoms with van der Waals surface area (Å²) in [7, 11) is 0. The molecule has 0 aliphatic carbocycles. The molecule has 0 aliphatic rings. The number of carbonyl (C=O) groups excluding carboxylic acids is 1. The van der Waals surface area contributed by atoms with Crippen LogP contribution in [-0.2, 0) is 0 Å². The molecule has 6 heteroatoms. The largest absolute Gasteiger partial charge is 0.435 e. The topological polar surface area (TPSA) is 38.3 Å². The molecule has 3 nitrogen and oxygen atoms in total. The summed E-state index contributed by atoms with van der Waals surface area (Å²) in [6.07, 6.45) is 0. The fraction of sp³-hybridized carbons (Fsp3) is 0.133. The fourth-order valence-corrected chi connectivity index (χ4v) is 1.96. The molecule has 21 heavy (non-hydrogen) atoms. The third-order valence-corrected chi connectivity index (χ3v) is 3.65. The zero-order chi connectivity index (χ0) is 15.4. The van der Waals surface area contributed by atoms with Gasteiger partial charge in [0.2, 0.25) is 0 Å². The van der Waals surface area contributed by atoms with Gasteiger partial charge < -0.3 is 10.1 Å². The number of alkyl halides is 2. The van der Waals surface area contributed by atoms with Crippen LogP contribution in [0.5, 0.6) is 5.75 Å². The monoisotopic (exact) mass is 355 g/mol. The number of aryl methyl sites for hydroxylation is 1. The second-order valence-electron chi connectivity index (χ2n) is 4.32. The summed E-state index contributed by atoms with van der Waals surface area (Å²) in [5.74, 6) is -0.226. The van der Waals surface area contributed by atoms with E-state index in [2.05, 4.69) is 26.0 Å². The van der Waals surface area contributed by atoms with Crippen LogP contribution in [0.1, 0.15) is 15.9 Å². The van der Waals surface area contributed by atoms with E-state index < -0.39 is 6.61 Å². The van der Waals surface area contributed by atoms with E-state index in [-0.39, 0.29) is 11.7 Å². The molecule has 0 saturated carbocycles. The lowest BCUT2D eigenvalue weighted by Crippen LogP contribution is -2.12. The van der Waals surface area contributed by atoms with E-state index in [1.165, 1.54) is 24.3 Å². The van der Waals surface area contributed by atoms with Gasteiger partial charge in [-0.25, -0.2) is 0 Å². The van der Waals surface area contributed by atoms with E-state index in [0.29, 0.717) is 11.3 Å². The maximum atomic E-state index is 12.1. The smallest absolute Gasteiger partial charge is 0.387 e. The molecule has 2 aromatic carbocycles. The Hall–Kier alpha value is -1.95. The summed E-state index contributed by atoms with van der Waals surface area (Å²) in [5, 5.41) is 2.69. The van der Waals surface area contributed by atoms with Crippen molar-refractivity contribution in [2.24, 2.45) is 0 Å². The van der Waals surface area contributed by atoms with Crippen molar-refractivity contribution in [1.29, 1.82) is 0 Å². The number of halogens is 3. The number of anilines is 1. The molecular formula is C15H12BrF2NO2. The Morgan fingerprint density at radius 3 is 2.43 bits per heavy atom. The molecule has 0 aliphatic heterocycles. The fourth-order valence-electron chi connectivity index (χ4n) is 1.71. The lowest BCUT2D eigenvalue weighted by molar-refractivity contribution is -0.0498. The van der Waals surface area contributed by atoms with Crippen LogP contribution in [-0.4, -0.2) is 12.5 Å². The first-order valence-corrected chi connectivity index (χ1v) is 6.87. The molecule has 0 atom stereocenters. The van der Waals surface area contributed by atoms with Crippen LogP contribution in [0.2, 0.25) is 0 Å². The van der Waals surface area contributed by atoms with Gasteiger partial charge in [0.05, 0.1) is 0 Å². The van der Waals surface area contributed by atoms with E-state index in [1.807, 2.05) is 6.92 Å². The Morgan fingerprint density at radius 2 is 1.86 bits per heavy atom. The van der Waals surface area contributed by atoms with Crippen LogP contribution >= 0.6 is 15.9 Å². The molecule has 0 spiro atoms. The number of hydrogen-bond donors (Lipinski definition) is 1. The van der Waals surface area contributed by atoms with Gasteiger partial charge in [0.25, 0.3) is 5.91 Å². The predicted octanol–water partition coefficient (Wildman–Crippen LogP) is 4.61. The summed E-state index contributed by atoms with van der Waals surface area (Å²) in [6, 6.07) is 11.0. The number of ether oxygens (including phenoxy) is 1. The number of hydrogen-bond acceptors (Lipinski definition) is 2. The van der Waals surface area contributed by atoms with E-state index in [9.17, 15) is 13.6 Å². The minimum atomic E-state index is -2.86. The molecule has 0 radical (unpaired) electrons. The number of nitrogens with one attached hydrogen (secondary N) is 1. The van der Waals surface area contributed by atoms with Gasteiger partial charge in [0.15, 0.2) is 0 Å². The number of rotatable bonds is 4. The zero-order valence-corrected chi connectivity index (χ0v) is 12.7. The third-order valence-electron chi connectivity index (χ3n) is 2.76. The van der Waals surface area contributed by atoms with Crippen molar-refractivity contribution < 1.29 is 18.3 Å². The Kier molecular flexibility index (Phi) is 4.90. The first-order valence-electron chi connectivity index (χ1n) is 6.08. The van der Waals surface area contributed by atoms with Gasteiger partial charge in [-0.2, -0.15) is 8.78 Å². The Balaban J connectivity index is 2.06. The van der Waals surface area contributed by atoms with Crippen LogP contribution < -0.4 is 10.1 Å². The lowest BCUT2D eigenvalue weighted by Gasteiger charge is -2.08. The molecule has 0 bridgehead atoms. The standard InChI is InChI=1S/C15H12BrF2NO2/c1-9-8-10(2-7-13(9)16)14(20)19-11-3-5-12(6-4-11)21-15(17)18/h2-8,15H,1H3,(H,19,20). The summed E-state index contributed by atoms with van der Waals surface area (Å²) >= 11 is 3.37. The maximum Gasteiger partial charge on any atom is 0.387 e. The van der Waals surface area contributed by atoms with Crippen LogP contribution in [0.3, 0.4) is 0 Å². The molecule has 2 rings (SSSR count). The summed E-state index contributed by atoms with van der Waals surface area (Å²) in [6.45, 7) is -0.978. The van der Waals surface area contributed by atoms with E-state index in [1.54, 1.807) is 18.2 Å². The molecule has 1 amide bonds. The molecule has 2 aromatic rings. The summed E-state index contributed by atoms with van der Waals surface area (Å²) < 4.78 is 29.2. The molecule has 0 aromatic heterocycles. The van der Waals surface area contributed by atoms with Crippen LogP contribution in [0.15, 0.2) is 46.9 Å². The van der Waals surface area contributed by atoms with E-state index in [4.69, 9.17) is 0 Å². The Bertz CT molecular complexity index is 645. The minimum absolute atomic E-state index is 0.0440. The molecule has 0 unspecified atom stereocenters. The lowest BCUT2D eigenvalue weighted by atomic mass is 10.1. The second kappa shape index (κ2) is 6.67. The van der Waals surface area contributed by atoms with Gasteiger partial charge >= 0.3 is 6.61 Å². The number of amides is 1. The highest BCUT2D eigenvalue weighted by molar-refractivity contribution is 9.10. The van der Waals surface area contributed by atoms with E-state index in [0.717, 1.165) is 10.0 Å². The third kappa shape index (κ3) is 4.26. The van der Waals surface area contributed by atoms with E-state index >= 15 is 0 Å². The van der Waals surface area contributed by atoms with Crippen molar-refractivity contribution in [3.63, 3.8) is 0 Å². The highest BCUT2D eigenvalue weighted by atomic mass is 79.9.